The van der Waals surface area contributed by atoms with E-state index in [1.165, 1.54) is 0 Å². The summed E-state index contributed by atoms with van der Waals surface area (Å²) in [5.74, 6) is 0.488. The van der Waals surface area contributed by atoms with Crippen LogP contribution < -0.4 is 9.47 Å². The second-order valence-corrected chi connectivity index (χ2v) is 7.70. The predicted octanol–water partition coefficient (Wildman–Crippen LogP) is 4.16. The molecular weight excluding hydrogens is 384 g/mol. The van der Waals surface area contributed by atoms with Crippen molar-refractivity contribution in [2.45, 2.75) is 52.7 Å². The Labute approximate surface area is 176 Å². The Balaban J connectivity index is 1.97. The van der Waals surface area contributed by atoms with Crippen molar-refractivity contribution in [1.29, 1.82) is 0 Å². The third-order valence-electron chi connectivity index (χ3n) is 4.54. The van der Waals surface area contributed by atoms with Crippen LogP contribution in [-0.4, -0.2) is 37.4 Å². The van der Waals surface area contributed by atoms with E-state index in [1.807, 2.05) is 24.3 Å². The zero-order valence-electron chi connectivity index (χ0n) is 17.9. The lowest BCUT2D eigenvalue weighted by molar-refractivity contribution is -0.150. The normalized spacial score (nSPS) is 12.7. The predicted molar refractivity (Wildman–Crippen MR) is 114 cm³/mol. The van der Waals surface area contributed by atoms with Crippen LogP contribution in [0.1, 0.15) is 38.8 Å². The minimum atomic E-state index is -0.411. The summed E-state index contributed by atoms with van der Waals surface area (Å²) in [7, 11) is 0. The quantitative estimate of drug-likeness (QED) is 0.479. The molecule has 2 aromatic carbocycles. The van der Waals surface area contributed by atoms with Gasteiger partial charge < -0.3 is 18.9 Å². The first-order valence-corrected chi connectivity index (χ1v) is 10.2. The minimum Gasteiger partial charge on any atom is -0.481 e. The maximum Gasteiger partial charge on any atom is 0.344 e. The molecule has 0 spiro atoms. The zero-order chi connectivity index (χ0) is 21.7. The van der Waals surface area contributed by atoms with E-state index >= 15 is 0 Å². The van der Waals surface area contributed by atoms with E-state index < -0.39 is 11.9 Å². The van der Waals surface area contributed by atoms with Crippen LogP contribution in [0.25, 0.3) is 10.8 Å². The fraction of sp³-hybridized carbons (Fsp3) is 0.417. The number of hydrogen-bond donors (Lipinski definition) is 0. The molecule has 0 fully saturated rings. The molecular formula is C24H28O6. The van der Waals surface area contributed by atoms with Gasteiger partial charge in [-0.1, -0.05) is 36.4 Å². The average molecular weight is 412 g/mol. The molecule has 0 saturated carbocycles. The van der Waals surface area contributed by atoms with Crippen molar-refractivity contribution in [2.24, 2.45) is 0 Å². The van der Waals surface area contributed by atoms with Crippen LogP contribution in [0.3, 0.4) is 0 Å². The standard InChI is InChI=1S/C24H28O6/c1-15(2)29-21(25)13-27-23-17-9-5-7-11-19(17)24(20-12-8-6-10-18(20)23)28-14-22(26)30-16(3)4/h5-9,11,15-16H,10,12-14H2,1-4H3. The number of esters is 2. The molecule has 6 nitrogen and oxygen atoms in total. The van der Waals surface area contributed by atoms with Gasteiger partial charge in [-0.2, -0.15) is 0 Å². The highest BCUT2D eigenvalue weighted by Crippen LogP contribution is 2.43. The molecule has 160 valence electrons. The fourth-order valence-electron chi connectivity index (χ4n) is 3.50. The van der Waals surface area contributed by atoms with E-state index in [-0.39, 0.29) is 25.4 Å². The molecule has 0 aromatic heterocycles. The van der Waals surface area contributed by atoms with Gasteiger partial charge in [-0.25, -0.2) is 9.59 Å². The third-order valence-corrected chi connectivity index (χ3v) is 4.54. The minimum absolute atomic E-state index is 0.167. The summed E-state index contributed by atoms with van der Waals surface area (Å²) in [5, 5.41) is 1.66. The van der Waals surface area contributed by atoms with Crippen LogP contribution >= 0.6 is 0 Å². The van der Waals surface area contributed by atoms with Crippen molar-refractivity contribution in [1.82, 2.24) is 0 Å². The Bertz CT molecular complexity index is 881. The molecule has 6 heteroatoms. The van der Waals surface area contributed by atoms with Crippen LogP contribution in [-0.2, 0) is 31.9 Å². The molecule has 3 rings (SSSR count). The Hall–Kier alpha value is -3.02. The highest BCUT2D eigenvalue weighted by atomic mass is 16.6. The molecule has 0 atom stereocenters. The van der Waals surface area contributed by atoms with E-state index in [2.05, 4.69) is 12.2 Å². The second-order valence-electron chi connectivity index (χ2n) is 7.70. The van der Waals surface area contributed by atoms with Gasteiger partial charge in [0.2, 0.25) is 0 Å². The first-order chi connectivity index (χ1) is 14.4. The maximum absolute atomic E-state index is 12.0. The molecule has 0 heterocycles. The number of fused-ring (bicyclic) bond motifs is 2. The summed E-state index contributed by atoms with van der Waals surface area (Å²) in [6, 6.07) is 7.67. The van der Waals surface area contributed by atoms with E-state index in [0.29, 0.717) is 24.3 Å². The van der Waals surface area contributed by atoms with Gasteiger partial charge in [0.1, 0.15) is 11.5 Å². The van der Waals surface area contributed by atoms with E-state index in [0.717, 1.165) is 21.9 Å². The van der Waals surface area contributed by atoms with Gasteiger partial charge in [-0.15, -0.1) is 0 Å². The lowest BCUT2D eigenvalue weighted by atomic mass is 9.90. The van der Waals surface area contributed by atoms with Gasteiger partial charge in [0.25, 0.3) is 0 Å². The van der Waals surface area contributed by atoms with Crippen molar-refractivity contribution < 1.29 is 28.5 Å². The SMILES string of the molecule is CC(C)OC(=O)COc1c2c(c(OCC(=O)OC(C)C)c3ccccc13)CC=CC2. The van der Waals surface area contributed by atoms with Gasteiger partial charge in [-0.05, 0) is 40.5 Å². The summed E-state index contributed by atoms with van der Waals surface area (Å²) >= 11 is 0. The summed E-state index contributed by atoms with van der Waals surface area (Å²) in [4.78, 5) is 24.1. The number of ether oxygens (including phenoxy) is 4. The molecule has 0 N–H and O–H groups in total. The first-order valence-electron chi connectivity index (χ1n) is 10.2. The Morgan fingerprint density at radius 3 is 1.53 bits per heavy atom. The Morgan fingerprint density at radius 2 is 1.17 bits per heavy atom. The fourth-order valence-corrected chi connectivity index (χ4v) is 3.50. The number of allylic oxidation sites excluding steroid dienone is 2. The number of benzene rings is 2. The highest BCUT2D eigenvalue weighted by molar-refractivity contribution is 5.97. The van der Waals surface area contributed by atoms with Crippen molar-refractivity contribution in [2.75, 3.05) is 13.2 Å². The molecule has 30 heavy (non-hydrogen) atoms. The number of carbonyl (C=O) groups is 2. The molecule has 0 saturated heterocycles. The van der Waals surface area contributed by atoms with E-state index in [9.17, 15) is 9.59 Å². The van der Waals surface area contributed by atoms with Crippen LogP contribution in [0.15, 0.2) is 36.4 Å². The van der Waals surface area contributed by atoms with Gasteiger partial charge in [-0.3, -0.25) is 0 Å². The van der Waals surface area contributed by atoms with Crippen LogP contribution in [0.5, 0.6) is 11.5 Å². The summed E-state index contributed by atoms with van der Waals surface area (Å²) in [5.41, 5.74) is 1.92. The van der Waals surface area contributed by atoms with Crippen molar-refractivity contribution in [3.8, 4) is 11.5 Å². The molecule has 0 radical (unpaired) electrons. The van der Waals surface area contributed by atoms with Crippen molar-refractivity contribution >= 4 is 22.7 Å². The molecule has 0 bridgehead atoms. The highest BCUT2D eigenvalue weighted by Gasteiger charge is 2.23. The molecule has 0 aliphatic heterocycles. The number of carbonyl (C=O) groups excluding carboxylic acids is 2. The van der Waals surface area contributed by atoms with Crippen molar-refractivity contribution in [3.05, 3.63) is 47.5 Å². The Morgan fingerprint density at radius 1 is 0.767 bits per heavy atom. The van der Waals surface area contributed by atoms with Gasteiger partial charge in [0.05, 0.1) is 12.2 Å². The summed E-state index contributed by atoms with van der Waals surface area (Å²) in [6.07, 6.45) is 5.04. The molecule has 0 unspecified atom stereocenters. The second kappa shape index (κ2) is 9.65. The first kappa shape index (κ1) is 21.7. The molecule has 1 aliphatic rings. The Kier molecular flexibility index (Phi) is 6.98. The maximum atomic E-state index is 12.0. The monoisotopic (exact) mass is 412 g/mol. The van der Waals surface area contributed by atoms with Gasteiger partial charge in [0.15, 0.2) is 13.2 Å². The van der Waals surface area contributed by atoms with Crippen LogP contribution in [0.4, 0.5) is 0 Å². The lowest BCUT2D eigenvalue weighted by Gasteiger charge is -2.23. The van der Waals surface area contributed by atoms with Gasteiger partial charge >= 0.3 is 11.9 Å². The third kappa shape index (κ3) is 5.12. The number of hydrogen-bond acceptors (Lipinski definition) is 6. The van der Waals surface area contributed by atoms with Crippen LogP contribution in [0, 0.1) is 0 Å². The van der Waals surface area contributed by atoms with Crippen molar-refractivity contribution in [3.63, 3.8) is 0 Å². The molecule has 0 amide bonds. The molecule has 2 aromatic rings. The van der Waals surface area contributed by atoms with E-state index in [1.54, 1.807) is 27.7 Å². The smallest absolute Gasteiger partial charge is 0.344 e. The average Bonchev–Trinajstić information content (AvgIpc) is 2.69. The topological polar surface area (TPSA) is 71.1 Å². The van der Waals surface area contributed by atoms with Gasteiger partial charge in [0, 0.05) is 21.9 Å². The lowest BCUT2D eigenvalue weighted by Crippen LogP contribution is -2.21. The number of rotatable bonds is 8. The summed E-state index contributed by atoms with van der Waals surface area (Å²) in [6.45, 7) is 6.87. The summed E-state index contributed by atoms with van der Waals surface area (Å²) < 4.78 is 22.3. The zero-order valence-corrected chi connectivity index (χ0v) is 17.9. The molecule has 1 aliphatic carbocycles. The van der Waals surface area contributed by atoms with Crippen LogP contribution in [0.2, 0.25) is 0 Å². The largest absolute Gasteiger partial charge is 0.481 e. The van der Waals surface area contributed by atoms with E-state index in [4.69, 9.17) is 18.9 Å².